The van der Waals surface area contributed by atoms with E-state index in [4.69, 9.17) is 4.74 Å². The van der Waals surface area contributed by atoms with Gasteiger partial charge in [0, 0.05) is 17.4 Å². The zero-order valence-electron chi connectivity index (χ0n) is 15.0. The summed E-state index contributed by atoms with van der Waals surface area (Å²) in [6.45, 7) is 4.22. The molecule has 0 unspecified atom stereocenters. The Labute approximate surface area is 149 Å². The Balaban J connectivity index is 1.55. The van der Waals surface area contributed by atoms with Crippen molar-refractivity contribution in [3.8, 4) is 5.75 Å². The van der Waals surface area contributed by atoms with Crippen molar-refractivity contribution in [3.63, 3.8) is 0 Å². The molecule has 1 fully saturated rings. The van der Waals surface area contributed by atoms with Crippen LogP contribution in [-0.4, -0.2) is 18.6 Å². The minimum absolute atomic E-state index is 0.0560. The number of benzene rings is 2. The van der Waals surface area contributed by atoms with Gasteiger partial charge in [-0.25, -0.2) is 0 Å². The molecule has 132 valence electrons. The average molecular weight is 338 g/mol. The lowest BCUT2D eigenvalue weighted by molar-refractivity contribution is -0.114. The first kappa shape index (κ1) is 17.3. The number of hydrogen-bond acceptors (Lipinski definition) is 3. The summed E-state index contributed by atoms with van der Waals surface area (Å²) in [5, 5.41) is 6.17. The lowest BCUT2D eigenvalue weighted by Crippen LogP contribution is -2.22. The van der Waals surface area contributed by atoms with Crippen molar-refractivity contribution in [1.29, 1.82) is 0 Å². The smallest absolute Gasteiger partial charge is 0.243 e. The van der Waals surface area contributed by atoms with Crippen LogP contribution in [0.1, 0.15) is 36.8 Å². The van der Waals surface area contributed by atoms with Crippen molar-refractivity contribution in [1.82, 2.24) is 0 Å². The highest BCUT2D eigenvalue weighted by molar-refractivity contribution is 5.95. The van der Waals surface area contributed by atoms with Crippen LogP contribution in [0.25, 0.3) is 0 Å². The third-order valence-electron chi connectivity index (χ3n) is 4.64. The molecule has 25 heavy (non-hydrogen) atoms. The maximum Gasteiger partial charge on any atom is 0.243 e. The number of amides is 1. The van der Waals surface area contributed by atoms with Crippen LogP contribution in [0, 0.1) is 13.8 Å². The van der Waals surface area contributed by atoms with Gasteiger partial charge in [0.1, 0.15) is 5.75 Å². The highest BCUT2D eigenvalue weighted by Crippen LogP contribution is 2.25. The zero-order valence-corrected chi connectivity index (χ0v) is 15.0. The topological polar surface area (TPSA) is 50.4 Å². The standard InChI is InChI=1S/C21H26N2O2/c1-15-7-5-8-16(2)21(15)23-20(24)14-22-17-9-6-12-19(13-17)25-18-10-3-4-11-18/h5-9,12-13,18,22H,3-4,10-11,14H2,1-2H3,(H,23,24). The van der Waals surface area contributed by atoms with Gasteiger partial charge in [-0.05, 0) is 62.8 Å². The normalized spacial score (nSPS) is 14.3. The molecule has 0 aliphatic heterocycles. The van der Waals surface area contributed by atoms with E-state index in [1.165, 1.54) is 12.8 Å². The minimum atomic E-state index is -0.0560. The van der Waals surface area contributed by atoms with Gasteiger partial charge in [-0.2, -0.15) is 0 Å². The molecule has 2 aromatic rings. The summed E-state index contributed by atoms with van der Waals surface area (Å²) in [4.78, 5) is 12.2. The van der Waals surface area contributed by atoms with Crippen LogP contribution < -0.4 is 15.4 Å². The average Bonchev–Trinajstić information content (AvgIpc) is 3.10. The lowest BCUT2D eigenvalue weighted by atomic mass is 10.1. The van der Waals surface area contributed by atoms with Crippen LogP contribution in [0.15, 0.2) is 42.5 Å². The Morgan fingerprint density at radius 2 is 1.76 bits per heavy atom. The Kier molecular flexibility index (Phi) is 5.59. The molecule has 1 aliphatic rings. The molecule has 1 aliphatic carbocycles. The van der Waals surface area contributed by atoms with Gasteiger partial charge >= 0.3 is 0 Å². The molecule has 0 spiro atoms. The van der Waals surface area contributed by atoms with E-state index in [0.717, 1.165) is 41.1 Å². The maximum atomic E-state index is 12.2. The Morgan fingerprint density at radius 3 is 2.48 bits per heavy atom. The van der Waals surface area contributed by atoms with Crippen molar-refractivity contribution in [2.75, 3.05) is 17.2 Å². The van der Waals surface area contributed by atoms with Crippen LogP contribution in [0.5, 0.6) is 5.75 Å². The van der Waals surface area contributed by atoms with Gasteiger partial charge in [-0.15, -0.1) is 0 Å². The monoisotopic (exact) mass is 338 g/mol. The quantitative estimate of drug-likeness (QED) is 0.804. The fourth-order valence-corrected chi connectivity index (χ4v) is 3.26. The molecular formula is C21H26N2O2. The Bertz CT molecular complexity index is 716. The van der Waals surface area contributed by atoms with Crippen molar-refractivity contribution < 1.29 is 9.53 Å². The Hall–Kier alpha value is -2.49. The highest BCUT2D eigenvalue weighted by Gasteiger charge is 2.16. The molecule has 0 saturated heterocycles. The third-order valence-corrected chi connectivity index (χ3v) is 4.64. The highest BCUT2D eigenvalue weighted by atomic mass is 16.5. The fraction of sp³-hybridized carbons (Fsp3) is 0.381. The summed E-state index contributed by atoms with van der Waals surface area (Å²) >= 11 is 0. The van der Waals surface area contributed by atoms with Crippen molar-refractivity contribution in [2.45, 2.75) is 45.6 Å². The van der Waals surface area contributed by atoms with Crippen LogP contribution in [-0.2, 0) is 4.79 Å². The first-order valence-electron chi connectivity index (χ1n) is 8.98. The molecule has 4 heteroatoms. The molecule has 0 heterocycles. The van der Waals surface area contributed by atoms with Gasteiger partial charge in [-0.3, -0.25) is 4.79 Å². The molecule has 1 amide bonds. The second-order valence-corrected chi connectivity index (χ2v) is 6.72. The predicted octanol–water partition coefficient (Wildman–Crippen LogP) is 4.68. The van der Waals surface area contributed by atoms with E-state index in [-0.39, 0.29) is 12.5 Å². The van der Waals surface area contributed by atoms with E-state index < -0.39 is 0 Å². The number of para-hydroxylation sites is 1. The number of ether oxygens (including phenoxy) is 1. The molecule has 1 saturated carbocycles. The second-order valence-electron chi connectivity index (χ2n) is 6.72. The van der Waals surface area contributed by atoms with Gasteiger partial charge < -0.3 is 15.4 Å². The zero-order chi connectivity index (χ0) is 17.6. The number of nitrogens with one attached hydrogen (secondary N) is 2. The molecule has 0 aromatic heterocycles. The third kappa shape index (κ3) is 4.75. The predicted molar refractivity (Wildman–Crippen MR) is 102 cm³/mol. The van der Waals surface area contributed by atoms with Crippen LogP contribution in [0.3, 0.4) is 0 Å². The van der Waals surface area contributed by atoms with Crippen LogP contribution in [0.2, 0.25) is 0 Å². The number of anilines is 2. The summed E-state index contributed by atoms with van der Waals surface area (Å²) in [5.41, 5.74) is 3.93. The van der Waals surface area contributed by atoms with Gasteiger partial charge in [0.2, 0.25) is 5.91 Å². The molecule has 2 aromatic carbocycles. The first-order valence-corrected chi connectivity index (χ1v) is 8.98. The van der Waals surface area contributed by atoms with E-state index in [9.17, 15) is 4.79 Å². The molecule has 0 radical (unpaired) electrons. The second kappa shape index (κ2) is 8.06. The van der Waals surface area contributed by atoms with Crippen LogP contribution >= 0.6 is 0 Å². The van der Waals surface area contributed by atoms with Gasteiger partial charge in [0.05, 0.1) is 12.6 Å². The van der Waals surface area contributed by atoms with Crippen molar-refractivity contribution in [2.24, 2.45) is 0 Å². The van der Waals surface area contributed by atoms with E-state index in [0.29, 0.717) is 6.10 Å². The maximum absolute atomic E-state index is 12.2. The van der Waals surface area contributed by atoms with E-state index in [2.05, 4.69) is 10.6 Å². The van der Waals surface area contributed by atoms with Gasteiger partial charge in [-0.1, -0.05) is 24.3 Å². The lowest BCUT2D eigenvalue weighted by Gasteiger charge is -2.15. The Morgan fingerprint density at radius 1 is 1.08 bits per heavy atom. The summed E-state index contributed by atoms with van der Waals surface area (Å²) in [7, 11) is 0. The van der Waals surface area contributed by atoms with Gasteiger partial charge in [0.25, 0.3) is 0 Å². The van der Waals surface area contributed by atoms with E-state index >= 15 is 0 Å². The SMILES string of the molecule is Cc1cccc(C)c1NC(=O)CNc1cccc(OC2CCCC2)c1. The summed E-state index contributed by atoms with van der Waals surface area (Å²) in [6, 6.07) is 13.8. The molecule has 3 rings (SSSR count). The number of hydrogen-bond donors (Lipinski definition) is 2. The number of carbonyl (C=O) groups excluding carboxylic acids is 1. The molecule has 0 atom stereocenters. The van der Waals surface area contributed by atoms with Crippen molar-refractivity contribution in [3.05, 3.63) is 53.6 Å². The minimum Gasteiger partial charge on any atom is -0.490 e. The van der Waals surface area contributed by atoms with Crippen molar-refractivity contribution >= 4 is 17.3 Å². The first-order chi connectivity index (χ1) is 12.1. The molecule has 4 nitrogen and oxygen atoms in total. The van der Waals surface area contributed by atoms with Gasteiger partial charge in [0.15, 0.2) is 0 Å². The largest absolute Gasteiger partial charge is 0.490 e. The van der Waals surface area contributed by atoms with Crippen LogP contribution in [0.4, 0.5) is 11.4 Å². The molecule has 2 N–H and O–H groups in total. The summed E-state index contributed by atoms with van der Waals surface area (Å²) in [5.74, 6) is 0.812. The summed E-state index contributed by atoms with van der Waals surface area (Å²) in [6.07, 6.45) is 5.11. The molecular weight excluding hydrogens is 312 g/mol. The number of rotatable bonds is 6. The number of aryl methyl sites for hydroxylation is 2. The fourth-order valence-electron chi connectivity index (χ4n) is 3.26. The molecule has 0 bridgehead atoms. The summed E-state index contributed by atoms with van der Waals surface area (Å²) < 4.78 is 6.01. The number of carbonyl (C=O) groups is 1. The van der Waals surface area contributed by atoms with E-state index in [1.807, 2.05) is 56.3 Å². The van der Waals surface area contributed by atoms with E-state index in [1.54, 1.807) is 0 Å².